The van der Waals surface area contributed by atoms with E-state index in [-0.39, 0.29) is 16.8 Å². The van der Waals surface area contributed by atoms with Crippen molar-refractivity contribution in [3.8, 4) is 0 Å². The van der Waals surface area contributed by atoms with E-state index >= 15 is 0 Å². The van der Waals surface area contributed by atoms with Gasteiger partial charge in [-0.15, -0.1) is 0 Å². The molecule has 0 unspecified atom stereocenters. The molecule has 0 heterocycles. The number of aryl methyl sites for hydroxylation is 1. The summed E-state index contributed by atoms with van der Waals surface area (Å²) >= 11 is 0. The molecule has 2 amide bonds. The first-order chi connectivity index (χ1) is 17.3. The minimum atomic E-state index is -4.01. The Balaban J connectivity index is 1.57. The van der Waals surface area contributed by atoms with Gasteiger partial charge in [0.15, 0.2) is 0 Å². The second-order valence-electron chi connectivity index (χ2n) is 9.07. The van der Waals surface area contributed by atoms with Gasteiger partial charge in [0.25, 0.3) is 15.9 Å². The summed E-state index contributed by atoms with van der Waals surface area (Å²) in [6.07, 6.45) is 5.26. The lowest BCUT2D eigenvalue weighted by molar-refractivity contribution is -0.114. The van der Waals surface area contributed by atoms with Gasteiger partial charge >= 0.3 is 0 Å². The van der Waals surface area contributed by atoms with Crippen molar-refractivity contribution >= 4 is 33.2 Å². The van der Waals surface area contributed by atoms with Crippen LogP contribution >= 0.6 is 0 Å². The largest absolute Gasteiger partial charge is 0.349 e. The molecule has 2 N–H and O–H groups in total. The standard InChI is InChI=1S/C28H31N3O4S/c1-21-11-10-14-23(19-21)31(36(34,35)24-15-6-3-7-16-24)20-27(32)30-26-18-9-8-17-25(26)28(33)29-22-12-4-2-5-13-22/h3,6-11,14-19,22H,2,4-5,12-13,20H2,1H3,(H,29,33)(H,30,32). The number of carbonyl (C=O) groups is 2. The number of benzene rings is 3. The zero-order chi connectivity index (χ0) is 25.5. The van der Waals surface area contributed by atoms with E-state index in [2.05, 4.69) is 10.6 Å². The van der Waals surface area contributed by atoms with Gasteiger partial charge in [-0.25, -0.2) is 8.42 Å². The molecule has 1 aliphatic carbocycles. The first-order valence-corrected chi connectivity index (χ1v) is 13.6. The molecule has 0 saturated heterocycles. The van der Waals surface area contributed by atoms with Crippen LogP contribution in [0.3, 0.4) is 0 Å². The summed E-state index contributed by atoms with van der Waals surface area (Å²) in [5.74, 6) is -0.792. The molecular formula is C28H31N3O4S. The highest BCUT2D eigenvalue weighted by Crippen LogP contribution is 2.25. The van der Waals surface area contributed by atoms with Crippen LogP contribution in [-0.2, 0) is 14.8 Å². The molecule has 0 spiro atoms. The molecule has 1 aliphatic rings. The van der Waals surface area contributed by atoms with E-state index in [0.29, 0.717) is 16.9 Å². The highest BCUT2D eigenvalue weighted by molar-refractivity contribution is 7.92. The summed E-state index contributed by atoms with van der Waals surface area (Å²) < 4.78 is 28.1. The minimum absolute atomic E-state index is 0.0894. The summed E-state index contributed by atoms with van der Waals surface area (Å²) in [7, 11) is -4.01. The van der Waals surface area contributed by atoms with Crippen molar-refractivity contribution in [3.63, 3.8) is 0 Å². The first-order valence-electron chi connectivity index (χ1n) is 12.2. The number of hydrogen-bond donors (Lipinski definition) is 2. The average molecular weight is 506 g/mol. The fraction of sp³-hybridized carbons (Fsp3) is 0.286. The number of sulfonamides is 1. The Morgan fingerprint density at radius 2 is 1.58 bits per heavy atom. The number of rotatable bonds is 8. The Morgan fingerprint density at radius 3 is 2.31 bits per heavy atom. The maximum atomic E-state index is 13.5. The van der Waals surface area contributed by atoms with E-state index in [0.717, 1.165) is 35.6 Å². The SMILES string of the molecule is Cc1cccc(N(CC(=O)Nc2ccccc2C(=O)NC2CCCCC2)S(=O)(=O)c2ccccc2)c1. The second-order valence-corrected chi connectivity index (χ2v) is 10.9. The normalized spacial score (nSPS) is 14.1. The summed E-state index contributed by atoms with van der Waals surface area (Å²) in [6, 6.07) is 21.9. The molecule has 0 bridgehead atoms. The summed E-state index contributed by atoms with van der Waals surface area (Å²) in [6.45, 7) is 1.41. The third-order valence-electron chi connectivity index (χ3n) is 6.29. The monoisotopic (exact) mass is 505 g/mol. The fourth-order valence-corrected chi connectivity index (χ4v) is 5.87. The number of para-hydroxylation sites is 1. The predicted octanol–water partition coefficient (Wildman–Crippen LogP) is 4.89. The van der Waals surface area contributed by atoms with E-state index in [9.17, 15) is 18.0 Å². The molecular weight excluding hydrogens is 474 g/mol. The van der Waals surface area contributed by atoms with Gasteiger partial charge in [-0.05, 0) is 61.7 Å². The molecule has 0 radical (unpaired) electrons. The maximum absolute atomic E-state index is 13.5. The van der Waals surface area contributed by atoms with E-state index in [1.54, 1.807) is 60.7 Å². The quantitative estimate of drug-likeness (QED) is 0.456. The van der Waals surface area contributed by atoms with Gasteiger partial charge in [-0.2, -0.15) is 0 Å². The summed E-state index contributed by atoms with van der Waals surface area (Å²) in [4.78, 5) is 26.2. The smallest absolute Gasteiger partial charge is 0.264 e. The van der Waals surface area contributed by atoms with Crippen LogP contribution in [0.2, 0.25) is 0 Å². The van der Waals surface area contributed by atoms with Crippen molar-refractivity contribution in [3.05, 3.63) is 90.0 Å². The third kappa shape index (κ3) is 6.12. The Bertz CT molecular complexity index is 1320. The van der Waals surface area contributed by atoms with Gasteiger partial charge in [0, 0.05) is 6.04 Å². The zero-order valence-electron chi connectivity index (χ0n) is 20.3. The van der Waals surface area contributed by atoms with Crippen LogP contribution in [0.1, 0.15) is 48.0 Å². The van der Waals surface area contributed by atoms with Crippen molar-refractivity contribution in [1.82, 2.24) is 5.32 Å². The minimum Gasteiger partial charge on any atom is -0.349 e. The number of carbonyl (C=O) groups excluding carboxylic acids is 2. The van der Waals surface area contributed by atoms with Gasteiger partial charge in [-0.3, -0.25) is 13.9 Å². The van der Waals surface area contributed by atoms with E-state index < -0.39 is 22.5 Å². The van der Waals surface area contributed by atoms with Crippen LogP contribution in [-0.4, -0.2) is 32.8 Å². The molecule has 8 heteroatoms. The molecule has 0 aliphatic heterocycles. The molecule has 188 valence electrons. The van der Waals surface area contributed by atoms with Crippen molar-refractivity contribution in [2.24, 2.45) is 0 Å². The lowest BCUT2D eigenvalue weighted by Crippen LogP contribution is -2.39. The third-order valence-corrected chi connectivity index (χ3v) is 8.08. The van der Waals surface area contributed by atoms with Gasteiger partial charge < -0.3 is 10.6 Å². The second kappa shape index (κ2) is 11.4. The number of anilines is 2. The lowest BCUT2D eigenvalue weighted by Gasteiger charge is -2.25. The van der Waals surface area contributed by atoms with Crippen LogP contribution in [0, 0.1) is 6.92 Å². The first kappa shape index (κ1) is 25.4. The number of nitrogens with zero attached hydrogens (tertiary/aromatic N) is 1. The van der Waals surface area contributed by atoms with Crippen molar-refractivity contribution in [2.75, 3.05) is 16.2 Å². The van der Waals surface area contributed by atoms with Crippen LogP contribution in [0.15, 0.2) is 83.8 Å². The van der Waals surface area contributed by atoms with Crippen LogP contribution in [0.5, 0.6) is 0 Å². The van der Waals surface area contributed by atoms with Crippen molar-refractivity contribution in [1.29, 1.82) is 0 Å². The van der Waals surface area contributed by atoms with Crippen molar-refractivity contribution in [2.45, 2.75) is 50.0 Å². The Labute approximate surface area is 212 Å². The van der Waals surface area contributed by atoms with Crippen molar-refractivity contribution < 1.29 is 18.0 Å². The molecule has 7 nitrogen and oxygen atoms in total. The Morgan fingerprint density at radius 1 is 0.889 bits per heavy atom. The number of nitrogens with one attached hydrogen (secondary N) is 2. The van der Waals surface area contributed by atoms with Gasteiger partial charge in [0.05, 0.1) is 21.8 Å². The molecule has 3 aromatic carbocycles. The number of amides is 2. The molecule has 4 rings (SSSR count). The maximum Gasteiger partial charge on any atom is 0.264 e. The van der Waals surface area contributed by atoms with Crippen LogP contribution < -0.4 is 14.9 Å². The van der Waals surface area contributed by atoms with E-state index in [1.165, 1.54) is 18.6 Å². The average Bonchev–Trinajstić information content (AvgIpc) is 2.88. The molecule has 36 heavy (non-hydrogen) atoms. The molecule has 3 aromatic rings. The van der Waals surface area contributed by atoms with E-state index in [4.69, 9.17) is 0 Å². The van der Waals surface area contributed by atoms with Crippen LogP contribution in [0.25, 0.3) is 0 Å². The van der Waals surface area contributed by atoms with Gasteiger partial charge in [-0.1, -0.05) is 61.7 Å². The highest BCUT2D eigenvalue weighted by Gasteiger charge is 2.28. The predicted molar refractivity (Wildman–Crippen MR) is 142 cm³/mol. The van der Waals surface area contributed by atoms with Crippen LogP contribution in [0.4, 0.5) is 11.4 Å². The molecule has 0 aromatic heterocycles. The summed E-state index contributed by atoms with van der Waals surface area (Å²) in [5.41, 5.74) is 1.95. The van der Waals surface area contributed by atoms with E-state index in [1.807, 2.05) is 13.0 Å². The van der Waals surface area contributed by atoms with Gasteiger partial charge in [0.1, 0.15) is 6.54 Å². The Kier molecular flexibility index (Phi) is 8.05. The zero-order valence-corrected chi connectivity index (χ0v) is 21.1. The molecule has 1 saturated carbocycles. The van der Waals surface area contributed by atoms with Gasteiger partial charge in [0.2, 0.25) is 5.91 Å². The highest BCUT2D eigenvalue weighted by atomic mass is 32.2. The number of hydrogen-bond acceptors (Lipinski definition) is 4. The lowest BCUT2D eigenvalue weighted by atomic mass is 9.95. The molecule has 1 fully saturated rings. The summed E-state index contributed by atoms with van der Waals surface area (Å²) in [5, 5.41) is 5.83. The molecule has 0 atom stereocenters. The Hall–Kier alpha value is -3.65. The topological polar surface area (TPSA) is 95.6 Å². The fourth-order valence-electron chi connectivity index (χ4n) is 4.44.